The van der Waals surface area contributed by atoms with E-state index >= 15 is 0 Å². The minimum Gasteiger partial charge on any atom is -0.497 e. The van der Waals surface area contributed by atoms with E-state index in [-0.39, 0.29) is 11.9 Å². The standard InChI is InChI=1S/C16H17BrFNO/c1-10-8-11(4-7-14(10)17)16(19-2)13-6-5-12(20-3)9-15(13)18/h4-9,16,19H,1-3H3. The molecule has 0 aliphatic heterocycles. The second-order valence-electron chi connectivity index (χ2n) is 4.62. The molecular formula is C16H17BrFNO. The lowest BCUT2D eigenvalue weighted by molar-refractivity contribution is 0.410. The van der Waals surface area contributed by atoms with Gasteiger partial charge < -0.3 is 10.1 Å². The highest BCUT2D eigenvalue weighted by Gasteiger charge is 2.17. The summed E-state index contributed by atoms with van der Waals surface area (Å²) in [5, 5.41) is 3.16. The smallest absolute Gasteiger partial charge is 0.132 e. The van der Waals surface area contributed by atoms with Crippen molar-refractivity contribution in [1.82, 2.24) is 5.32 Å². The van der Waals surface area contributed by atoms with Crippen LogP contribution in [0.1, 0.15) is 22.7 Å². The molecule has 0 saturated heterocycles. The Morgan fingerprint density at radius 2 is 1.95 bits per heavy atom. The van der Waals surface area contributed by atoms with Crippen LogP contribution in [0.15, 0.2) is 40.9 Å². The van der Waals surface area contributed by atoms with Crippen LogP contribution in [-0.4, -0.2) is 14.2 Å². The summed E-state index contributed by atoms with van der Waals surface area (Å²) in [4.78, 5) is 0. The Balaban J connectivity index is 2.43. The van der Waals surface area contributed by atoms with Gasteiger partial charge in [0.1, 0.15) is 11.6 Å². The van der Waals surface area contributed by atoms with Crippen molar-refractivity contribution in [3.8, 4) is 5.75 Å². The molecule has 0 aliphatic carbocycles. The van der Waals surface area contributed by atoms with Crippen molar-refractivity contribution in [3.05, 3.63) is 63.4 Å². The van der Waals surface area contributed by atoms with Crippen LogP contribution in [0.25, 0.3) is 0 Å². The number of hydrogen-bond acceptors (Lipinski definition) is 2. The molecule has 2 aromatic rings. The van der Waals surface area contributed by atoms with Crippen molar-refractivity contribution in [2.45, 2.75) is 13.0 Å². The predicted octanol–water partition coefficient (Wildman–Crippen LogP) is 4.21. The Bertz CT molecular complexity index is 615. The van der Waals surface area contributed by atoms with Crippen LogP contribution in [-0.2, 0) is 0 Å². The highest BCUT2D eigenvalue weighted by molar-refractivity contribution is 9.10. The van der Waals surface area contributed by atoms with Gasteiger partial charge in [0, 0.05) is 16.1 Å². The third-order valence-electron chi connectivity index (χ3n) is 3.32. The summed E-state index contributed by atoms with van der Waals surface area (Å²) >= 11 is 3.48. The Kier molecular flexibility index (Phi) is 4.78. The van der Waals surface area contributed by atoms with Crippen LogP contribution in [0.5, 0.6) is 5.75 Å². The van der Waals surface area contributed by atoms with Gasteiger partial charge in [0.15, 0.2) is 0 Å². The average Bonchev–Trinajstić information content (AvgIpc) is 2.45. The Labute approximate surface area is 127 Å². The molecule has 20 heavy (non-hydrogen) atoms. The zero-order valence-corrected chi connectivity index (χ0v) is 13.3. The second kappa shape index (κ2) is 6.37. The Morgan fingerprint density at radius 3 is 2.50 bits per heavy atom. The maximum absolute atomic E-state index is 14.2. The van der Waals surface area contributed by atoms with Crippen molar-refractivity contribution >= 4 is 15.9 Å². The number of nitrogens with one attached hydrogen (secondary N) is 1. The van der Waals surface area contributed by atoms with Gasteiger partial charge in [-0.3, -0.25) is 0 Å². The van der Waals surface area contributed by atoms with Gasteiger partial charge in [-0.15, -0.1) is 0 Å². The van der Waals surface area contributed by atoms with E-state index in [2.05, 4.69) is 27.3 Å². The number of hydrogen-bond donors (Lipinski definition) is 1. The zero-order chi connectivity index (χ0) is 14.7. The fourth-order valence-corrected chi connectivity index (χ4v) is 2.46. The number of benzene rings is 2. The predicted molar refractivity (Wildman–Crippen MR) is 82.7 cm³/mol. The molecule has 1 atom stereocenters. The summed E-state index contributed by atoms with van der Waals surface area (Å²) in [7, 11) is 3.35. The lowest BCUT2D eigenvalue weighted by Crippen LogP contribution is -2.19. The van der Waals surface area contributed by atoms with Crippen molar-refractivity contribution in [3.63, 3.8) is 0 Å². The molecule has 1 unspecified atom stereocenters. The molecule has 0 aromatic heterocycles. The van der Waals surface area contributed by atoms with Gasteiger partial charge in [0.25, 0.3) is 0 Å². The van der Waals surface area contributed by atoms with E-state index in [1.54, 1.807) is 12.1 Å². The van der Waals surface area contributed by atoms with Crippen molar-refractivity contribution in [2.24, 2.45) is 0 Å². The fraction of sp³-hybridized carbons (Fsp3) is 0.250. The third kappa shape index (κ3) is 3.02. The number of rotatable bonds is 4. The fourth-order valence-electron chi connectivity index (χ4n) is 2.22. The molecule has 0 amide bonds. The number of ether oxygens (including phenoxy) is 1. The maximum Gasteiger partial charge on any atom is 0.132 e. The van der Waals surface area contributed by atoms with Crippen molar-refractivity contribution in [2.75, 3.05) is 14.2 Å². The van der Waals surface area contributed by atoms with Crippen molar-refractivity contribution < 1.29 is 9.13 Å². The van der Waals surface area contributed by atoms with Crippen LogP contribution in [0.4, 0.5) is 4.39 Å². The van der Waals surface area contributed by atoms with Gasteiger partial charge in [-0.1, -0.05) is 34.1 Å². The molecule has 106 valence electrons. The zero-order valence-electron chi connectivity index (χ0n) is 11.7. The molecule has 0 bridgehead atoms. The Morgan fingerprint density at radius 1 is 1.20 bits per heavy atom. The van der Waals surface area contributed by atoms with Crippen molar-refractivity contribution in [1.29, 1.82) is 0 Å². The van der Waals surface area contributed by atoms with Gasteiger partial charge in [-0.05, 0) is 37.2 Å². The number of methoxy groups -OCH3 is 1. The highest BCUT2D eigenvalue weighted by atomic mass is 79.9. The molecule has 0 spiro atoms. The molecule has 1 N–H and O–H groups in total. The molecule has 4 heteroatoms. The quantitative estimate of drug-likeness (QED) is 0.902. The molecule has 0 saturated carbocycles. The lowest BCUT2D eigenvalue weighted by atomic mass is 9.97. The van der Waals surface area contributed by atoms with Crippen LogP contribution < -0.4 is 10.1 Å². The maximum atomic E-state index is 14.2. The Hall–Kier alpha value is -1.39. The second-order valence-corrected chi connectivity index (χ2v) is 5.47. The average molecular weight is 338 g/mol. The summed E-state index contributed by atoms with van der Waals surface area (Å²) in [5.41, 5.74) is 2.75. The van der Waals surface area contributed by atoms with E-state index < -0.39 is 0 Å². The molecule has 0 aliphatic rings. The van der Waals surface area contributed by atoms with E-state index in [0.717, 1.165) is 15.6 Å². The third-order valence-corrected chi connectivity index (χ3v) is 4.21. The monoisotopic (exact) mass is 337 g/mol. The first-order valence-electron chi connectivity index (χ1n) is 6.33. The molecule has 0 radical (unpaired) electrons. The SMILES string of the molecule is CNC(c1ccc(Br)c(C)c1)c1ccc(OC)cc1F. The van der Waals surface area contributed by atoms with E-state index in [1.807, 2.05) is 26.1 Å². The van der Waals surface area contributed by atoms with Crippen LogP contribution in [0.3, 0.4) is 0 Å². The summed E-state index contributed by atoms with van der Waals surface area (Å²) in [6, 6.07) is 10.8. The van der Waals surface area contributed by atoms with Gasteiger partial charge in [-0.2, -0.15) is 0 Å². The molecule has 0 heterocycles. The minimum atomic E-state index is -0.274. The first-order valence-corrected chi connectivity index (χ1v) is 7.13. The molecule has 2 nitrogen and oxygen atoms in total. The summed E-state index contributed by atoms with van der Waals surface area (Å²) in [6.07, 6.45) is 0. The summed E-state index contributed by atoms with van der Waals surface area (Å²) < 4.78 is 20.3. The largest absolute Gasteiger partial charge is 0.497 e. The lowest BCUT2D eigenvalue weighted by Gasteiger charge is -2.19. The first kappa shape index (κ1) is 15.0. The van der Waals surface area contributed by atoms with Crippen LogP contribution >= 0.6 is 15.9 Å². The molecule has 2 rings (SSSR count). The van der Waals surface area contributed by atoms with Crippen LogP contribution in [0.2, 0.25) is 0 Å². The van der Waals surface area contributed by atoms with E-state index in [1.165, 1.54) is 13.2 Å². The molecule has 2 aromatic carbocycles. The van der Waals surface area contributed by atoms with Gasteiger partial charge in [0.2, 0.25) is 0 Å². The van der Waals surface area contributed by atoms with Crippen LogP contribution in [0, 0.1) is 12.7 Å². The first-order chi connectivity index (χ1) is 9.56. The minimum absolute atomic E-state index is 0.187. The normalized spacial score (nSPS) is 12.2. The summed E-state index contributed by atoms with van der Waals surface area (Å²) in [5.74, 6) is 0.248. The highest BCUT2D eigenvalue weighted by Crippen LogP contribution is 2.29. The van der Waals surface area contributed by atoms with E-state index in [9.17, 15) is 4.39 Å². The topological polar surface area (TPSA) is 21.3 Å². The van der Waals surface area contributed by atoms with E-state index in [4.69, 9.17) is 4.74 Å². The van der Waals surface area contributed by atoms with Gasteiger partial charge in [0.05, 0.1) is 13.2 Å². The van der Waals surface area contributed by atoms with Gasteiger partial charge in [-0.25, -0.2) is 4.39 Å². The number of halogens is 2. The van der Waals surface area contributed by atoms with Gasteiger partial charge >= 0.3 is 0 Å². The molecule has 0 fully saturated rings. The molecular weight excluding hydrogens is 321 g/mol. The number of aryl methyl sites for hydroxylation is 1. The van der Waals surface area contributed by atoms with E-state index in [0.29, 0.717) is 11.3 Å². The summed E-state index contributed by atoms with van der Waals surface area (Å²) in [6.45, 7) is 2.02.